The van der Waals surface area contributed by atoms with Crippen molar-refractivity contribution in [2.24, 2.45) is 11.8 Å². The van der Waals surface area contributed by atoms with E-state index in [-0.39, 0.29) is 17.6 Å². The minimum Gasteiger partial charge on any atom is -0.444 e. The third-order valence-corrected chi connectivity index (χ3v) is 6.82. The molecule has 2 saturated carbocycles. The molecule has 2 aromatic rings. The summed E-state index contributed by atoms with van der Waals surface area (Å²) in [5.41, 5.74) is 1.44. The van der Waals surface area contributed by atoms with Crippen molar-refractivity contribution in [1.82, 2.24) is 14.9 Å². The Bertz CT molecular complexity index is 1320. The number of carbonyl (C=O) groups is 2. The van der Waals surface area contributed by atoms with E-state index < -0.39 is 17.7 Å². The highest BCUT2D eigenvalue weighted by Crippen LogP contribution is 2.36. The van der Waals surface area contributed by atoms with Crippen LogP contribution in [0.15, 0.2) is 30.5 Å². The molecule has 0 saturated heterocycles. The van der Waals surface area contributed by atoms with Gasteiger partial charge in [0.15, 0.2) is 5.78 Å². The van der Waals surface area contributed by atoms with Crippen LogP contribution < -0.4 is 10.6 Å². The molecule has 1 amide bonds. The molecule has 9 heteroatoms. The van der Waals surface area contributed by atoms with Gasteiger partial charge in [0, 0.05) is 31.1 Å². The number of carbonyl (C=O) groups excluding carboxylic acids is 2. The number of nitriles is 1. The summed E-state index contributed by atoms with van der Waals surface area (Å²) in [7, 11) is 1.60. The predicted molar refractivity (Wildman–Crippen MR) is 149 cm³/mol. The van der Waals surface area contributed by atoms with Crippen molar-refractivity contribution in [2.75, 3.05) is 17.7 Å². The van der Waals surface area contributed by atoms with Crippen LogP contribution in [0.5, 0.6) is 0 Å². The SMILES string of the molecule is C[C@@H](C(=O)CC1CC(C#Cc2cnc(Nc3cccc(C#N)c3)nc2NC2CC2)C1)N(C)C(=O)OC(C)(C)C. The van der Waals surface area contributed by atoms with E-state index in [0.717, 1.165) is 36.9 Å². The van der Waals surface area contributed by atoms with Gasteiger partial charge in [0.2, 0.25) is 5.95 Å². The summed E-state index contributed by atoms with van der Waals surface area (Å²) in [4.78, 5) is 35.5. The lowest BCUT2D eigenvalue weighted by Gasteiger charge is -2.33. The van der Waals surface area contributed by atoms with E-state index in [9.17, 15) is 9.59 Å². The van der Waals surface area contributed by atoms with Gasteiger partial charge in [0.25, 0.3) is 0 Å². The molecule has 2 fully saturated rings. The van der Waals surface area contributed by atoms with E-state index in [1.54, 1.807) is 53.1 Å². The molecule has 2 aliphatic carbocycles. The van der Waals surface area contributed by atoms with Crippen LogP contribution in [0.3, 0.4) is 0 Å². The van der Waals surface area contributed by atoms with Gasteiger partial charge in [-0.05, 0) is 77.5 Å². The largest absolute Gasteiger partial charge is 0.444 e. The summed E-state index contributed by atoms with van der Waals surface area (Å²) in [6, 6.07) is 9.16. The Morgan fingerprint density at radius 3 is 2.67 bits per heavy atom. The number of nitrogens with zero attached hydrogens (tertiary/aromatic N) is 4. The van der Waals surface area contributed by atoms with Crippen LogP contribution in [-0.4, -0.2) is 51.5 Å². The van der Waals surface area contributed by atoms with E-state index in [4.69, 9.17) is 10.00 Å². The normalized spacial score (nSPS) is 18.9. The smallest absolute Gasteiger partial charge is 0.410 e. The van der Waals surface area contributed by atoms with Crippen molar-refractivity contribution in [2.45, 2.75) is 77.5 Å². The summed E-state index contributed by atoms with van der Waals surface area (Å²) in [6.07, 6.45) is 5.56. The fraction of sp³-hybridized carbons (Fsp3) is 0.500. The number of nitrogens with one attached hydrogen (secondary N) is 2. The molecule has 4 rings (SSSR count). The van der Waals surface area contributed by atoms with E-state index >= 15 is 0 Å². The molecule has 39 heavy (non-hydrogen) atoms. The monoisotopic (exact) mass is 528 g/mol. The standard InChI is InChI=1S/C30H36N6O3/c1-19(36(5)29(38)39-30(2,3)4)26(37)16-22-13-20(14-22)9-10-23-18-32-28(35-27(23)33-24-11-12-24)34-25-8-6-7-21(15-25)17-31/h6-8,15,18-20,22,24H,11-14,16H2,1-5H3,(H2,32,33,34,35)/t19-,20?,22?/m0/s1. The van der Waals surface area contributed by atoms with Gasteiger partial charge in [-0.3, -0.25) is 4.79 Å². The van der Waals surface area contributed by atoms with E-state index in [2.05, 4.69) is 38.5 Å². The number of hydrogen-bond donors (Lipinski definition) is 2. The van der Waals surface area contributed by atoms with Crippen LogP contribution in [0.2, 0.25) is 0 Å². The average Bonchev–Trinajstić information content (AvgIpc) is 3.68. The van der Waals surface area contributed by atoms with Crippen molar-refractivity contribution in [3.8, 4) is 17.9 Å². The Labute approximate surface area is 230 Å². The molecule has 2 aliphatic rings. The molecule has 0 spiro atoms. The van der Waals surface area contributed by atoms with Crippen LogP contribution in [0, 0.1) is 35.0 Å². The van der Waals surface area contributed by atoms with Crippen molar-refractivity contribution in [3.05, 3.63) is 41.6 Å². The van der Waals surface area contributed by atoms with E-state index in [0.29, 0.717) is 29.8 Å². The highest BCUT2D eigenvalue weighted by Gasteiger charge is 2.33. The van der Waals surface area contributed by atoms with Crippen molar-refractivity contribution in [1.29, 1.82) is 5.26 Å². The third kappa shape index (κ3) is 7.94. The maximum absolute atomic E-state index is 12.8. The molecule has 0 bridgehead atoms. The quantitative estimate of drug-likeness (QED) is 0.445. The Balaban J connectivity index is 1.33. The van der Waals surface area contributed by atoms with Gasteiger partial charge in [-0.15, -0.1) is 0 Å². The number of amides is 1. The van der Waals surface area contributed by atoms with E-state index in [1.807, 2.05) is 12.1 Å². The van der Waals surface area contributed by atoms with Crippen LogP contribution in [0.4, 0.5) is 22.2 Å². The van der Waals surface area contributed by atoms with Gasteiger partial charge in [-0.2, -0.15) is 10.2 Å². The van der Waals surface area contributed by atoms with Crippen molar-refractivity contribution in [3.63, 3.8) is 0 Å². The van der Waals surface area contributed by atoms with Crippen LogP contribution in [0.1, 0.15) is 70.9 Å². The van der Waals surface area contributed by atoms with Gasteiger partial charge in [0.1, 0.15) is 11.4 Å². The molecule has 1 aromatic carbocycles. The topological polar surface area (TPSA) is 120 Å². The minimum atomic E-state index is -0.603. The predicted octanol–water partition coefficient (Wildman–Crippen LogP) is 5.26. The molecule has 0 radical (unpaired) electrons. The number of ketones is 1. The molecule has 0 aliphatic heterocycles. The zero-order valence-electron chi connectivity index (χ0n) is 23.2. The van der Waals surface area contributed by atoms with Gasteiger partial charge in [-0.1, -0.05) is 17.9 Å². The third-order valence-electron chi connectivity index (χ3n) is 6.82. The number of Topliss-reactive ketones (excluding diaryl/α,β-unsaturated/α-hetero) is 1. The zero-order chi connectivity index (χ0) is 28.2. The summed E-state index contributed by atoms with van der Waals surface area (Å²) in [5.74, 6) is 8.22. The summed E-state index contributed by atoms with van der Waals surface area (Å²) in [6.45, 7) is 7.16. The number of likely N-dealkylation sites (N-methyl/N-ethyl adjacent to an activating group) is 1. The molecule has 204 valence electrons. The lowest BCUT2D eigenvalue weighted by Crippen LogP contribution is -2.44. The van der Waals surface area contributed by atoms with Gasteiger partial charge >= 0.3 is 6.09 Å². The van der Waals surface area contributed by atoms with Crippen LogP contribution in [0.25, 0.3) is 0 Å². The molecule has 1 aromatic heterocycles. The average molecular weight is 529 g/mol. The first-order valence-electron chi connectivity index (χ1n) is 13.4. The Morgan fingerprint density at radius 1 is 1.26 bits per heavy atom. The fourth-order valence-corrected chi connectivity index (χ4v) is 4.22. The van der Waals surface area contributed by atoms with Crippen LogP contribution >= 0.6 is 0 Å². The lowest BCUT2D eigenvalue weighted by atomic mass is 9.72. The highest BCUT2D eigenvalue weighted by molar-refractivity contribution is 5.87. The molecule has 9 nitrogen and oxygen atoms in total. The number of rotatable bonds is 8. The molecule has 1 heterocycles. The summed E-state index contributed by atoms with van der Waals surface area (Å²) >= 11 is 0. The van der Waals surface area contributed by atoms with Crippen molar-refractivity contribution >= 4 is 29.3 Å². The maximum atomic E-state index is 12.8. The number of ether oxygens (including phenoxy) is 1. The molecular formula is C30H36N6O3. The fourth-order valence-electron chi connectivity index (χ4n) is 4.22. The van der Waals surface area contributed by atoms with Crippen LogP contribution in [-0.2, 0) is 9.53 Å². The molecule has 1 atom stereocenters. The number of benzene rings is 1. The first kappa shape index (κ1) is 27.9. The molecule has 0 unspecified atom stereocenters. The zero-order valence-corrected chi connectivity index (χ0v) is 23.2. The minimum absolute atomic E-state index is 0.0347. The summed E-state index contributed by atoms with van der Waals surface area (Å²) in [5, 5.41) is 15.7. The second kappa shape index (κ2) is 11.7. The number of anilines is 3. The second-order valence-corrected chi connectivity index (χ2v) is 11.4. The first-order valence-corrected chi connectivity index (χ1v) is 13.4. The molecular weight excluding hydrogens is 492 g/mol. The Hall–Kier alpha value is -4.11. The highest BCUT2D eigenvalue weighted by atomic mass is 16.6. The molecule has 2 N–H and O–H groups in total. The lowest BCUT2D eigenvalue weighted by molar-refractivity contribution is -0.125. The summed E-state index contributed by atoms with van der Waals surface area (Å²) < 4.78 is 5.38. The number of hydrogen-bond acceptors (Lipinski definition) is 8. The van der Waals surface area contributed by atoms with Crippen molar-refractivity contribution < 1.29 is 14.3 Å². The van der Waals surface area contributed by atoms with Gasteiger partial charge in [0.05, 0.1) is 29.4 Å². The maximum Gasteiger partial charge on any atom is 0.410 e. The van der Waals surface area contributed by atoms with Gasteiger partial charge < -0.3 is 20.3 Å². The number of aromatic nitrogens is 2. The Morgan fingerprint density at radius 2 is 2.00 bits per heavy atom. The van der Waals surface area contributed by atoms with E-state index in [1.165, 1.54) is 4.90 Å². The van der Waals surface area contributed by atoms with Gasteiger partial charge in [-0.25, -0.2) is 9.78 Å². The Kier molecular flexibility index (Phi) is 8.40. The first-order chi connectivity index (χ1) is 18.5. The second-order valence-electron chi connectivity index (χ2n) is 11.4.